The Morgan fingerprint density at radius 1 is 1.56 bits per heavy atom. The van der Waals surface area contributed by atoms with Crippen LogP contribution in [0.4, 0.5) is 4.79 Å². The molecule has 1 atom stereocenters. The van der Waals surface area contributed by atoms with Crippen molar-refractivity contribution >= 4 is 12.0 Å². The summed E-state index contributed by atoms with van der Waals surface area (Å²) in [6.07, 6.45) is 1.53. The Labute approximate surface area is 103 Å². The summed E-state index contributed by atoms with van der Waals surface area (Å²) >= 11 is 0. The molecule has 9 heteroatoms. The number of aliphatic hydroxyl groups excluding tert-OH is 1. The highest BCUT2D eigenvalue weighted by Crippen LogP contribution is 1.93. The number of carboxylic acid groups (broad SMARTS) is 1. The number of nitrogens with zero attached hydrogens (tertiary/aromatic N) is 3. The number of amides is 2. The first-order chi connectivity index (χ1) is 8.58. The molecule has 0 radical (unpaired) electrons. The molecule has 2 amide bonds. The molecule has 0 bridgehead atoms. The standard InChI is InChI=1S/C9H15N5O4/c1-2-14-5-11-13-7(14)3-10-9(18)12-6(4-15)8(16)17/h5-6,15H,2-4H2,1H3,(H,16,17)(H2,10,12,18)/t6-/m0/s1. The number of rotatable bonds is 6. The van der Waals surface area contributed by atoms with Gasteiger partial charge in [-0.1, -0.05) is 0 Å². The molecular formula is C9H15N5O4. The van der Waals surface area contributed by atoms with Crippen molar-refractivity contribution in [2.45, 2.75) is 26.1 Å². The maximum atomic E-state index is 11.4. The lowest BCUT2D eigenvalue weighted by atomic mass is 10.3. The lowest BCUT2D eigenvalue weighted by molar-refractivity contribution is -0.140. The van der Waals surface area contributed by atoms with Gasteiger partial charge in [0.05, 0.1) is 13.2 Å². The topological polar surface area (TPSA) is 129 Å². The van der Waals surface area contributed by atoms with E-state index in [1.165, 1.54) is 6.33 Å². The van der Waals surface area contributed by atoms with E-state index in [0.29, 0.717) is 12.4 Å². The predicted molar refractivity (Wildman–Crippen MR) is 59.6 cm³/mol. The lowest BCUT2D eigenvalue weighted by Crippen LogP contribution is -2.47. The van der Waals surface area contributed by atoms with Gasteiger partial charge in [-0.3, -0.25) is 0 Å². The van der Waals surface area contributed by atoms with Gasteiger partial charge in [-0.15, -0.1) is 10.2 Å². The van der Waals surface area contributed by atoms with Gasteiger partial charge in [-0.25, -0.2) is 9.59 Å². The molecule has 1 aromatic rings. The number of hydrogen-bond acceptors (Lipinski definition) is 5. The van der Waals surface area contributed by atoms with Gasteiger partial charge < -0.3 is 25.4 Å². The summed E-state index contributed by atoms with van der Waals surface area (Å²) < 4.78 is 1.74. The van der Waals surface area contributed by atoms with Crippen LogP contribution < -0.4 is 10.6 Å². The minimum Gasteiger partial charge on any atom is -0.480 e. The SMILES string of the molecule is CCn1cnnc1CNC(=O)N[C@@H](CO)C(=O)O. The van der Waals surface area contributed by atoms with Crippen LogP contribution in [0.15, 0.2) is 6.33 Å². The Hall–Kier alpha value is -2.16. The monoisotopic (exact) mass is 257 g/mol. The molecule has 1 heterocycles. The van der Waals surface area contributed by atoms with Gasteiger partial charge in [-0.2, -0.15) is 0 Å². The van der Waals surface area contributed by atoms with Crippen molar-refractivity contribution in [2.75, 3.05) is 6.61 Å². The van der Waals surface area contributed by atoms with Crippen LogP contribution in [0.5, 0.6) is 0 Å². The third-order valence-electron chi connectivity index (χ3n) is 2.23. The van der Waals surface area contributed by atoms with Crippen LogP contribution in [0.1, 0.15) is 12.7 Å². The minimum absolute atomic E-state index is 0.122. The zero-order valence-electron chi connectivity index (χ0n) is 9.83. The number of aryl methyl sites for hydroxylation is 1. The Bertz CT molecular complexity index is 419. The Kier molecular flexibility index (Phi) is 5.06. The molecule has 0 aliphatic carbocycles. The van der Waals surface area contributed by atoms with Crippen LogP contribution in [0.3, 0.4) is 0 Å². The number of urea groups is 1. The second-order valence-electron chi connectivity index (χ2n) is 3.43. The highest BCUT2D eigenvalue weighted by molar-refractivity contribution is 5.82. The van der Waals surface area contributed by atoms with Crippen molar-refractivity contribution < 1.29 is 19.8 Å². The highest BCUT2D eigenvalue weighted by atomic mass is 16.4. The molecule has 4 N–H and O–H groups in total. The van der Waals surface area contributed by atoms with Gasteiger partial charge in [0.15, 0.2) is 11.9 Å². The first-order valence-electron chi connectivity index (χ1n) is 5.33. The molecule has 0 saturated heterocycles. The third kappa shape index (κ3) is 3.70. The molecular weight excluding hydrogens is 242 g/mol. The second-order valence-corrected chi connectivity index (χ2v) is 3.43. The number of nitrogens with one attached hydrogen (secondary N) is 2. The molecule has 0 saturated carbocycles. The number of aliphatic hydroxyl groups is 1. The largest absolute Gasteiger partial charge is 0.480 e. The average Bonchev–Trinajstić information content (AvgIpc) is 2.80. The van der Waals surface area contributed by atoms with E-state index < -0.39 is 24.6 Å². The second kappa shape index (κ2) is 6.55. The van der Waals surface area contributed by atoms with Crippen LogP contribution in [-0.2, 0) is 17.9 Å². The first kappa shape index (κ1) is 13.9. The van der Waals surface area contributed by atoms with E-state index in [2.05, 4.69) is 20.8 Å². The van der Waals surface area contributed by atoms with E-state index in [1.807, 2.05) is 6.92 Å². The van der Waals surface area contributed by atoms with Gasteiger partial charge in [-0.05, 0) is 6.92 Å². The first-order valence-corrected chi connectivity index (χ1v) is 5.33. The number of aromatic nitrogens is 3. The third-order valence-corrected chi connectivity index (χ3v) is 2.23. The van der Waals surface area contributed by atoms with E-state index in [9.17, 15) is 9.59 Å². The summed E-state index contributed by atoms with van der Waals surface area (Å²) in [4.78, 5) is 21.9. The van der Waals surface area contributed by atoms with Crippen molar-refractivity contribution in [1.82, 2.24) is 25.4 Å². The minimum atomic E-state index is -1.32. The molecule has 100 valence electrons. The van der Waals surface area contributed by atoms with Crippen LogP contribution in [-0.4, -0.2) is 49.6 Å². The summed E-state index contributed by atoms with van der Waals surface area (Å²) in [5.41, 5.74) is 0. The normalized spacial score (nSPS) is 11.9. The molecule has 18 heavy (non-hydrogen) atoms. The lowest BCUT2D eigenvalue weighted by Gasteiger charge is -2.12. The van der Waals surface area contributed by atoms with Gasteiger partial charge in [0, 0.05) is 6.54 Å². The molecule has 0 unspecified atom stereocenters. The fraction of sp³-hybridized carbons (Fsp3) is 0.556. The Balaban J connectivity index is 2.44. The zero-order chi connectivity index (χ0) is 13.5. The number of carbonyl (C=O) groups excluding carboxylic acids is 1. The maximum absolute atomic E-state index is 11.4. The average molecular weight is 257 g/mol. The van der Waals surface area contributed by atoms with Crippen LogP contribution in [0.25, 0.3) is 0 Å². The molecule has 1 aromatic heterocycles. The van der Waals surface area contributed by atoms with E-state index in [-0.39, 0.29) is 6.54 Å². The zero-order valence-corrected chi connectivity index (χ0v) is 9.83. The molecule has 0 aliphatic rings. The molecule has 0 spiro atoms. The van der Waals surface area contributed by atoms with Crippen molar-refractivity contribution in [3.8, 4) is 0 Å². The van der Waals surface area contributed by atoms with Crippen LogP contribution in [0.2, 0.25) is 0 Å². The number of carbonyl (C=O) groups is 2. The highest BCUT2D eigenvalue weighted by Gasteiger charge is 2.18. The summed E-state index contributed by atoms with van der Waals surface area (Å²) in [7, 11) is 0. The van der Waals surface area contributed by atoms with Crippen molar-refractivity contribution in [3.05, 3.63) is 12.2 Å². The van der Waals surface area contributed by atoms with E-state index in [4.69, 9.17) is 10.2 Å². The number of carboxylic acids is 1. The maximum Gasteiger partial charge on any atom is 0.328 e. The summed E-state index contributed by atoms with van der Waals surface area (Å²) in [5.74, 6) is -0.743. The van der Waals surface area contributed by atoms with E-state index in [1.54, 1.807) is 4.57 Å². The molecule has 0 fully saturated rings. The quantitative estimate of drug-likeness (QED) is 0.493. The molecule has 9 nitrogen and oxygen atoms in total. The Morgan fingerprint density at radius 2 is 2.28 bits per heavy atom. The summed E-state index contributed by atoms with van der Waals surface area (Å²) in [5, 5.41) is 29.4. The number of hydrogen-bond donors (Lipinski definition) is 4. The summed E-state index contributed by atoms with van der Waals surface area (Å²) in [6, 6.07) is -2.02. The fourth-order valence-corrected chi connectivity index (χ4v) is 1.23. The molecule has 0 aliphatic heterocycles. The van der Waals surface area contributed by atoms with Crippen molar-refractivity contribution in [2.24, 2.45) is 0 Å². The summed E-state index contributed by atoms with van der Waals surface area (Å²) in [6.45, 7) is 2.02. The molecule has 1 rings (SSSR count). The Morgan fingerprint density at radius 3 is 2.83 bits per heavy atom. The van der Waals surface area contributed by atoms with Crippen LogP contribution in [0, 0.1) is 0 Å². The smallest absolute Gasteiger partial charge is 0.328 e. The van der Waals surface area contributed by atoms with Gasteiger partial charge in [0.1, 0.15) is 6.33 Å². The van der Waals surface area contributed by atoms with Crippen molar-refractivity contribution in [3.63, 3.8) is 0 Å². The van der Waals surface area contributed by atoms with Crippen LogP contribution >= 0.6 is 0 Å². The van der Waals surface area contributed by atoms with Crippen molar-refractivity contribution in [1.29, 1.82) is 0 Å². The predicted octanol–water partition coefficient (Wildman–Crippen LogP) is -1.46. The van der Waals surface area contributed by atoms with Gasteiger partial charge in [0.2, 0.25) is 0 Å². The fourth-order valence-electron chi connectivity index (χ4n) is 1.23. The number of aliphatic carboxylic acids is 1. The molecule has 0 aromatic carbocycles. The van der Waals surface area contributed by atoms with E-state index in [0.717, 1.165) is 0 Å². The van der Waals surface area contributed by atoms with Gasteiger partial charge in [0.25, 0.3) is 0 Å². The van der Waals surface area contributed by atoms with Gasteiger partial charge >= 0.3 is 12.0 Å². The van der Waals surface area contributed by atoms with E-state index >= 15 is 0 Å².